The van der Waals surface area contributed by atoms with Crippen LogP contribution in [-0.2, 0) is 11.3 Å². The second kappa shape index (κ2) is 4.12. The highest BCUT2D eigenvalue weighted by molar-refractivity contribution is 6.07. The van der Waals surface area contributed by atoms with E-state index in [2.05, 4.69) is 53.1 Å². The first-order valence-corrected chi connectivity index (χ1v) is 6.01. The molecule has 1 saturated heterocycles. The molecule has 92 valence electrons. The highest BCUT2D eigenvalue weighted by atomic mass is 16.6. The van der Waals surface area contributed by atoms with E-state index in [-0.39, 0.29) is 5.48 Å². The zero-order chi connectivity index (χ0) is 11.2. The highest BCUT2D eigenvalue weighted by Crippen LogP contribution is 2.30. The number of para-hydroxylation sites is 2. The van der Waals surface area contributed by atoms with Gasteiger partial charge in [-0.2, -0.15) is 0 Å². The molecule has 0 aliphatic carbocycles. The van der Waals surface area contributed by atoms with Gasteiger partial charge >= 0.3 is 0 Å². The SMILES string of the molecule is O.c1ccc2c(c1)c1ccccc1n2CC1CO1. The van der Waals surface area contributed by atoms with E-state index in [1.165, 1.54) is 21.8 Å². The lowest BCUT2D eigenvalue weighted by molar-refractivity contribution is 0.387. The summed E-state index contributed by atoms with van der Waals surface area (Å²) in [5, 5.41) is 2.67. The van der Waals surface area contributed by atoms with Crippen LogP contribution in [0.15, 0.2) is 48.5 Å². The van der Waals surface area contributed by atoms with Gasteiger partial charge in [-0.25, -0.2) is 0 Å². The molecule has 1 atom stereocenters. The molecule has 2 N–H and O–H groups in total. The van der Waals surface area contributed by atoms with Gasteiger partial charge in [-0.15, -0.1) is 0 Å². The quantitative estimate of drug-likeness (QED) is 0.635. The Bertz CT molecular complexity index is 645. The van der Waals surface area contributed by atoms with Crippen molar-refractivity contribution in [1.29, 1.82) is 0 Å². The standard InChI is InChI=1S/C15H13NO.H2O/c1-3-7-14-12(5-1)13-6-2-4-8-15(13)16(14)9-11-10-17-11;/h1-8,11H,9-10H2;1H2. The van der Waals surface area contributed by atoms with Gasteiger partial charge in [0.2, 0.25) is 0 Å². The highest BCUT2D eigenvalue weighted by Gasteiger charge is 2.24. The molecule has 1 unspecified atom stereocenters. The predicted molar refractivity (Wildman–Crippen MR) is 72.8 cm³/mol. The van der Waals surface area contributed by atoms with E-state index in [9.17, 15) is 0 Å². The molecule has 0 bridgehead atoms. The second-order valence-corrected chi connectivity index (χ2v) is 4.60. The zero-order valence-corrected chi connectivity index (χ0v) is 9.97. The first kappa shape index (κ1) is 11.3. The van der Waals surface area contributed by atoms with E-state index in [1.54, 1.807) is 0 Å². The van der Waals surface area contributed by atoms with Crippen LogP contribution in [0, 0.1) is 0 Å². The summed E-state index contributed by atoms with van der Waals surface area (Å²) in [6.07, 6.45) is 0.411. The minimum atomic E-state index is 0. The van der Waals surface area contributed by atoms with Gasteiger partial charge in [0.1, 0.15) is 0 Å². The minimum absolute atomic E-state index is 0. The van der Waals surface area contributed by atoms with Crippen LogP contribution in [-0.4, -0.2) is 22.8 Å². The van der Waals surface area contributed by atoms with Crippen molar-refractivity contribution in [2.75, 3.05) is 6.61 Å². The molecule has 0 spiro atoms. The Morgan fingerprint density at radius 3 is 1.94 bits per heavy atom. The molecule has 0 amide bonds. The number of fused-ring (bicyclic) bond motifs is 3. The molecular formula is C15H15NO2. The van der Waals surface area contributed by atoms with Crippen LogP contribution in [0.5, 0.6) is 0 Å². The maximum absolute atomic E-state index is 5.36. The Hall–Kier alpha value is -1.84. The first-order chi connectivity index (χ1) is 8.43. The summed E-state index contributed by atoms with van der Waals surface area (Å²) in [5.74, 6) is 0. The normalized spacial score (nSPS) is 17.9. The fourth-order valence-electron chi connectivity index (χ4n) is 2.58. The molecule has 2 heterocycles. The molecule has 1 aliphatic rings. The van der Waals surface area contributed by atoms with E-state index in [0.29, 0.717) is 6.10 Å². The van der Waals surface area contributed by atoms with Crippen molar-refractivity contribution < 1.29 is 10.2 Å². The van der Waals surface area contributed by atoms with Gasteiger partial charge in [0.15, 0.2) is 0 Å². The fourth-order valence-corrected chi connectivity index (χ4v) is 2.58. The van der Waals surface area contributed by atoms with Gasteiger partial charge in [-0.3, -0.25) is 0 Å². The van der Waals surface area contributed by atoms with Crippen LogP contribution in [0.25, 0.3) is 21.8 Å². The number of hydrogen-bond acceptors (Lipinski definition) is 1. The van der Waals surface area contributed by atoms with Gasteiger partial charge < -0.3 is 14.8 Å². The van der Waals surface area contributed by atoms with Crippen molar-refractivity contribution in [3.05, 3.63) is 48.5 Å². The van der Waals surface area contributed by atoms with Gasteiger partial charge in [0, 0.05) is 21.8 Å². The molecule has 3 nitrogen and oxygen atoms in total. The van der Waals surface area contributed by atoms with Gasteiger partial charge in [0.25, 0.3) is 0 Å². The molecule has 18 heavy (non-hydrogen) atoms. The van der Waals surface area contributed by atoms with Crippen LogP contribution in [0.4, 0.5) is 0 Å². The maximum Gasteiger partial charge on any atom is 0.0988 e. The summed E-state index contributed by atoms with van der Waals surface area (Å²) in [4.78, 5) is 0. The molecule has 1 fully saturated rings. The molecule has 0 saturated carbocycles. The van der Waals surface area contributed by atoms with Crippen molar-refractivity contribution in [3.63, 3.8) is 0 Å². The number of nitrogens with zero attached hydrogens (tertiary/aromatic N) is 1. The summed E-state index contributed by atoms with van der Waals surface area (Å²) < 4.78 is 7.74. The van der Waals surface area contributed by atoms with Crippen molar-refractivity contribution in [2.45, 2.75) is 12.6 Å². The van der Waals surface area contributed by atoms with Crippen LogP contribution in [0.1, 0.15) is 0 Å². The summed E-state index contributed by atoms with van der Waals surface area (Å²) in [6, 6.07) is 17.2. The molecule has 1 aromatic heterocycles. The van der Waals surface area contributed by atoms with Crippen molar-refractivity contribution in [3.8, 4) is 0 Å². The number of benzene rings is 2. The Balaban J connectivity index is 0.000001000. The predicted octanol–water partition coefficient (Wildman–Crippen LogP) is 2.37. The Labute approximate surface area is 105 Å². The van der Waals surface area contributed by atoms with E-state index in [1.807, 2.05) is 0 Å². The average Bonchev–Trinajstić information content (AvgIpc) is 3.15. The molecule has 4 rings (SSSR count). The van der Waals surface area contributed by atoms with E-state index >= 15 is 0 Å². The average molecular weight is 241 g/mol. The number of ether oxygens (including phenoxy) is 1. The number of hydrogen-bond donors (Lipinski definition) is 0. The fraction of sp³-hybridized carbons (Fsp3) is 0.200. The summed E-state index contributed by atoms with van der Waals surface area (Å²) in [5.41, 5.74) is 2.62. The lowest BCUT2D eigenvalue weighted by atomic mass is 10.2. The molecular weight excluding hydrogens is 226 g/mol. The topological polar surface area (TPSA) is 49.0 Å². The van der Waals surface area contributed by atoms with Crippen molar-refractivity contribution in [1.82, 2.24) is 4.57 Å². The Morgan fingerprint density at radius 1 is 0.944 bits per heavy atom. The second-order valence-electron chi connectivity index (χ2n) is 4.60. The van der Waals surface area contributed by atoms with Crippen LogP contribution in [0.2, 0.25) is 0 Å². The Morgan fingerprint density at radius 2 is 1.44 bits per heavy atom. The largest absolute Gasteiger partial charge is 0.412 e. The van der Waals surface area contributed by atoms with Crippen LogP contribution in [0.3, 0.4) is 0 Å². The smallest absolute Gasteiger partial charge is 0.0988 e. The summed E-state index contributed by atoms with van der Waals surface area (Å²) in [7, 11) is 0. The van der Waals surface area contributed by atoms with E-state index < -0.39 is 0 Å². The number of epoxide rings is 1. The minimum Gasteiger partial charge on any atom is -0.412 e. The third-order valence-electron chi connectivity index (χ3n) is 3.47. The Kier molecular flexibility index (Phi) is 2.58. The van der Waals surface area contributed by atoms with Crippen LogP contribution >= 0.6 is 0 Å². The van der Waals surface area contributed by atoms with Crippen molar-refractivity contribution in [2.24, 2.45) is 0 Å². The third-order valence-corrected chi connectivity index (χ3v) is 3.47. The molecule has 0 radical (unpaired) electrons. The van der Waals surface area contributed by atoms with Gasteiger partial charge in [-0.1, -0.05) is 36.4 Å². The molecule has 2 aromatic carbocycles. The van der Waals surface area contributed by atoms with Gasteiger partial charge in [-0.05, 0) is 12.1 Å². The zero-order valence-electron chi connectivity index (χ0n) is 9.97. The van der Waals surface area contributed by atoms with Gasteiger partial charge in [0.05, 0.1) is 19.3 Å². The lowest BCUT2D eigenvalue weighted by Crippen LogP contribution is -2.03. The number of rotatable bonds is 2. The van der Waals surface area contributed by atoms with Crippen LogP contribution < -0.4 is 0 Å². The summed E-state index contributed by atoms with van der Waals surface area (Å²) >= 11 is 0. The van der Waals surface area contributed by atoms with Crippen molar-refractivity contribution >= 4 is 21.8 Å². The maximum atomic E-state index is 5.36. The van der Waals surface area contributed by atoms with E-state index in [4.69, 9.17) is 4.74 Å². The lowest BCUT2D eigenvalue weighted by Gasteiger charge is -2.04. The third kappa shape index (κ3) is 1.60. The molecule has 3 heteroatoms. The van der Waals surface area contributed by atoms with E-state index in [0.717, 1.165) is 13.2 Å². The molecule has 1 aliphatic heterocycles. The molecule has 3 aromatic rings. The monoisotopic (exact) mass is 241 g/mol. The summed E-state index contributed by atoms with van der Waals surface area (Å²) in [6.45, 7) is 1.87. The first-order valence-electron chi connectivity index (χ1n) is 6.01. The number of aromatic nitrogens is 1.